The molecule has 1 saturated heterocycles. The van der Waals surface area contributed by atoms with E-state index in [0.717, 1.165) is 31.1 Å². The SMILES string of the molecule is O=C(O)c1cnc(CC2CCOC2)s1. The molecule has 5 heteroatoms. The molecule has 1 aromatic rings. The molecule has 0 aliphatic carbocycles. The van der Waals surface area contributed by atoms with Gasteiger partial charge in [-0.05, 0) is 12.3 Å². The number of thiazole rings is 1. The molecule has 0 amide bonds. The van der Waals surface area contributed by atoms with Crippen LogP contribution in [-0.2, 0) is 11.2 Å². The van der Waals surface area contributed by atoms with Gasteiger partial charge in [-0.1, -0.05) is 0 Å². The molecule has 4 nitrogen and oxygen atoms in total. The van der Waals surface area contributed by atoms with E-state index >= 15 is 0 Å². The van der Waals surface area contributed by atoms with Crippen LogP contribution in [0.1, 0.15) is 21.1 Å². The highest BCUT2D eigenvalue weighted by Gasteiger charge is 2.18. The lowest BCUT2D eigenvalue weighted by atomic mass is 10.1. The van der Waals surface area contributed by atoms with E-state index in [1.54, 1.807) is 0 Å². The second-order valence-corrected chi connectivity index (χ2v) is 4.47. The van der Waals surface area contributed by atoms with Crippen LogP contribution in [0.25, 0.3) is 0 Å². The van der Waals surface area contributed by atoms with Crippen LogP contribution in [0.4, 0.5) is 0 Å². The molecule has 76 valence electrons. The van der Waals surface area contributed by atoms with Gasteiger partial charge in [0.25, 0.3) is 0 Å². The number of carboxylic acid groups (broad SMARTS) is 1. The molecule has 1 atom stereocenters. The molecule has 1 aromatic heterocycles. The quantitative estimate of drug-likeness (QED) is 0.825. The fourth-order valence-electron chi connectivity index (χ4n) is 1.49. The van der Waals surface area contributed by atoms with Crippen LogP contribution in [0.15, 0.2) is 6.20 Å². The largest absolute Gasteiger partial charge is 0.477 e. The molecular weight excluding hydrogens is 202 g/mol. The Kier molecular flexibility index (Phi) is 2.79. The summed E-state index contributed by atoms with van der Waals surface area (Å²) in [6, 6.07) is 0. The Morgan fingerprint density at radius 1 is 1.79 bits per heavy atom. The van der Waals surface area contributed by atoms with Crippen molar-refractivity contribution in [2.24, 2.45) is 5.92 Å². The third kappa shape index (κ3) is 2.10. The molecule has 1 unspecified atom stereocenters. The van der Waals surface area contributed by atoms with Gasteiger partial charge in [-0.25, -0.2) is 9.78 Å². The molecule has 14 heavy (non-hydrogen) atoms. The van der Waals surface area contributed by atoms with E-state index in [2.05, 4.69) is 4.98 Å². The number of carbonyl (C=O) groups is 1. The summed E-state index contributed by atoms with van der Waals surface area (Å²) in [5.41, 5.74) is 0. The van der Waals surface area contributed by atoms with E-state index in [1.807, 2.05) is 0 Å². The Morgan fingerprint density at radius 3 is 3.21 bits per heavy atom. The minimum atomic E-state index is -0.892. The molecule has 0 bridgehead atoms. The summed E-state index contributed by atoms with van der Waals surface area (Å²) in [6.45, 7) is 1.60. The van der Waals surface area contributed by atoms with Crippen molar-refractivity contribution in [3.63, 3.8) is 0 Å². The predicted octanol–water partition coefficient (Wildman–Crippen LogP) is 1.42. The van der Waals surface area contributed by atoms with Crippen molar-refractivity contribution in [1.82, 2.24) is 4.98 Å². The predicted molar refractivity (Wildman–Crippen MR) is 51.7 cm³/mol. The van der Waals surface area contributed by atoms with Crippen LogP contribution >= 0.6 is 11.3 Å². The first-order chi connectivity index (χ1) is 6.75. The maximum absolute atomic E-state index is 10.6. The zero-order valence-electron chi connectivity index (χ0n) is 7.60. The standard InChI is InChI=1S/C9H11NO3S/c11-9(12)7-4-10-8(14-7)3-6-1-2-13-5-6/h4,6H,1-3,5H2,(H,11,12). The number of hydrogen-bond donors (Lipinski definition) is 1. The minimum Gasteiger partial charge on any atom is -0.477 e. The van der Waals surface area contributed by atoms with Crippen molar-refractivity contribution in [3.05, 3.63) is 16.1 Å². The van der Waals surface area contributed by atoms with Crippen molar-refractivity contribution >= 4 is 17.3 Å². The Labute approximate surface area is 85.5 Å². The summed E-state index contributed by atoms with van der Waals surface area (Å²) >= 11 is 1.26. The normalized spacial score (nSPS) is 21.3. The first kappa shape index (κ1) is 9.61. The highest BCUT2D eigenvalue weighted by molar-refractivity contribution is 7.13. The van der Waals surface area contributed by atoms with Gasteiger partial charge in [0.05, 0.1) is 11.2 Å². The van der Waals surface area contributed by atoms with Crippen molar-refractivity contribution in [3.8, 4) is 0 Å². The van der Waals surface area contributed by atoms with Crippen molar-refractivity contribution < 1.29 is 14.6 Å². The van der Waals surface area contributed by atoms with E-state index in [4.69, 9.17) is 9.84 Å². The van der Waals surface area contributed by atoms with Gasteiger partial charge in [-0.3, -0.25) is 0 Å². The molecule has 0 saturated carbocycles. The van der Waals surface area contributed by atoms with Gasteiger partial charge < -0.3 is 9.84 Å². The molecule has 2 rings (SSSR count). The number of rotatable bonds is 3. The topological polar surface area (TPSA) is 59.4 Å². The number of hydrogen-bond acceptors (Lipinski definition) is 4. The number of nitrogens with zero attached hydrogens (tertiary/aromatic N) is 1. The minimum absolute atomic E-state index is 0.318. The Hall–Kier alpha value is -0.940. The Bertz CT molecular complexity index is 331. The summed E-state index contributed by atoms with van der Waals surface area (Å²) in [7, 11) is 0. The zero-order chi connectivity index (χ0) is 9.97. The van der Waals surface area contributed by atoms with Crippen LogP contribution < -0.4 is 0 Å². The Balaban J connectivity index is 1.98. The van der Waals surface area contributed by atoms with Gasteiger partial charge in [0.2, 0.25) is 0 Å². The molecule has 0 spiro atoms. The second kappa shape index (κ2) is 4.06. The monoisotopic (exact) mass is 213 g/mol. The highest BCUT2D eigenvalue weighted by atomic mass is 32.1. The van der Waals surface area contributed by atoms with Gasteiger partial charge in [0, 0.05) is 19.6 Å². The van der Waals surface area contributed by atoms with Gasteiger partial charge in [0.1, 0.15) is 4.88 Å². The molecule has 1 aliphatic rings. The third-order valence-electron chi connectivity index (χ3n) is 2.25. The van der Waals surface area contributed by atoms with E-state index in [9.17, 15) is 4.79 Å². The van der Waals surface area contributed by atoms with E-state index in [0.29, 0.717) is 10.8 Å². The van der Waals surface area contributed by atoms with Crippen LogP contribution in [0.3, 0.4) is 0 Å². The first-order valence-electron chi connectivity index (χ1n) is 4.51. The molecule has 1 fully saturated rings. The van der Waals surface area contributed by atoms with Crippen LogP contribution in [0.5, 0.6) is 0 Å². The third-order valence-corrected chi connectivity index (χ3v) is 3.26. The lowest BCUT2D eigenvalue weighted by Gasteiger charge is -2.02. The lowest BCUT2D eigenvalue weighted by Crippen LogP contribution is -2.02. The van der Waals surface area contributed by atoms with Gasteiger partial charge >= 0.3 is 5.97 Å². The fraction of sp³-hybridized carbons (Fsp3) is 0.556. The molecule has 1 aliphatic heterocycles. The van der Waals surface area contributed by atoms with Gasteiger partial charge in [-0.15, -0.1) is 11.3 Å². The number of aromatic nitrogens is 1. The highest BCUT2D eigenvalue weighted by Crippen LogP contribution is 2.21. The summed E-state index contributed by atoms with van der Waals surface area (Å²) in [6.07, 6.45) is 3.33. The van der Waals surface area contributed by atoms with Crippen LogP contribution in [-0.4, -0.2) is 29.3 Å². The maximum atomic E-state index is 10.6. The fourth-order valence-corrected chi connectivity index (χ4v) is 2.37. The van der Waals surface area contributed by atoms with E-state index in [-0.39, 0.29) is 0 Å². The average molecular weight is 213 g/mol. The van der Waals surface area contributed by atoms with Gasteiger partial charge in [-0.2, -0.15) is 0 Å². The summed E-state index contributed by atoms with van der Waals surface area (Å²) in [5.74, 6) is -0.376. The maximum Gasteiger partial charge on any atom is 0.347 e. The van der Waals surface area contributed by atoms with Crippen molar-refractivity contribution in [2.45, 2.75) is 12.8 Å². The number of aromatic carboxylic acids is 1. The van der Waals surface area contributed by atoms with Crippen molar-refractivity contribution in [1.29, 1.82) is 0 Å². The molecular formula is C9H11NO3S. The van der Waals surface area contributed by atoms with Crippen LogP contribution in [0.2, 0.25) is 0 Å². The first-order valence-corrected chi connectivity index (χ1v) is 5.33. The van der Waals surface area contributed by atoms with Gasteiger partial charge in [0.15, 0.2) is 0 Å². The van der Waals surface area contributed by atoms with E-state index in [1.165, 1.54) is 17.5 Å². The summed E-state index contributed by atoms with van der Waals surface area (Å²) in [5, 5.41) is 9.61. The number of carboxylic acids is 1. The smallest absolute Gasteiger partial charge is 0.347 e. The van der Waals surface area contributed by atoms with E-state index < -0.39 is 5.97 Å². The average Bonchev–Trinajstić information content (AvgIpc) is 2.75. The van der Waals surface area contributed by atoms with Crippen LogP contribution in [0, 0.1) is 5.92 Å². The second-order valence-electron chi connectivity index (χ2n) is 3.36. The summed E-state index contributed by atoms with van der Waals surface area (Å²) < 4.78 is 5.24. The molecule has 0 aromatic carbocycles. The Morgan fingerprint density at radius 2 is 2.64 bits per heavy atom. The molecule has 0 radical (unpaired) electrons. The lowest BCUT2D eigenvalue weighted by molar-refractivity contribution is 0.0702. The molecule has 2 heterocycles. The summed E-state index contributed by atoms with van der Waals surface area (Å²) in [4.78, 5) is 15.0. The zero-order valence-corrected chi connectivity index (χ0v) is 8.42. The number of ether oxygens (including phenoxy) is 1. The van der Waals surface area contributed by atoms with Crippen molar-refractivity contribution in [2.75, 3.05) is 13.2 Å². The molecule has 1 N–H and O–H groups in total.